The Morgan fingerprint density at radius 3 is 2.67 bits per heavy atom. The Morgan fingerprint density at radius 2 is 1.93 bits per heavy atom. The molecule has 2 unspecified atom stereocenters. The normalized spacial score (nSPS) is 17.3. The van der Waals surface area contributed by atoms with E-state index in [1.54, 1.807) is 11.1 Å². The van der Waals surface area contributed by atoms with E-state index in [9.17, 15) is 19.5 Å². The van der Waals surface area contributed by atoms with Crippen LogP contribution in [0, 0.1) is 12.8 Å². The number of H-pyrrole nitrogens is 1. The minimum absolute atomic E-state index is 0.0686. The molecule has 2 atom stereocenters. The Kier molecular flexibility index (Phi) is 5.27. The highest BCUT2D eigenvalue weighted by molar-refractivity contribution is 6.00. The van der Waals surface area contributed by atoms with Crippen molar-refractivity contribution in [2.75, 3.05) is 11.4 Å². The lowest BCUT2D eigenvalue weighted by atomic mass is 10.0. The summed E-state index contributed by atoms with van der Waals surface area (Å²) in [7, 11) is 0. The van der Waals surface area contributed by atoms with Gasteiger partial charge in [-0.1, -0.05) is 35.9 Å². The molecule has 2 heterocycles. The predicted octanol–water partition coefficient (Wildman–Crippen LogP) is 2.64. The fourth-order valence-corrected chi connectivity index (χ4v) is 3.87. The SMILES string of the molecule is Cc1ccc(N2CC(C(=O)NC(Cc3c[nH]c4ccccc34)C(=O)O)CC2=O)cc1. The third-order valence-electron chi connectivity index (χ3n) is 5.56. The van der Waals surface area contributed by atoms with E-state index >= 15 is 0 Å². The number of para-hydroxylation sites is 1. The Bertz CT molecular complexity index is 1100. The number of aromatic nitrogens is 1. The van der Waals surface area contributed by atoms with Gasteiger partial charge in [0.1, 0.15) is 6.04 Å². The first-order valence-corrected chi connectivity index (χ1v) is 9.87. The zero-order valence-corrected chi connectivity index (χ0v) is 16.6. The van der Waals surface area contributed by atoms with Crippen LogP contribution in [0.4, 0.5) is 5.69 Å². The van der Waals surface area contributed by atoms with Crippen LogP contribution in [0.5, 0.6) is 0 Å². The summed E-state index contributed by atoms with van der Waals surface area (Å²) in [5.74, 6) is -2.23. The maximum atomic E-state index is 12.8. The van der Waals surface area contributed by atoms with E-state index in [1.165, 1.54) is 0 Å². The third kappa shape index (κ3) is 3.91. The first-order chi connectivity index (χ1) is 14.4. The molecule has 4 rings (SSSR count). The fraction of sp³-hybridized carbons (Fsp3) is 0.261. The van der Waals surface area contributed by atoms with Gasteiger partial charge in [-0.3, -0.25) is 9.59 Å². The number of anilines is 1. The van der Waals surface area contributed by atoms with Gasteiger partial charge in [-0.2, -0.15) is 0 Å². The Balaban J connectivity index is 1.45. The van der Waals surface area contributed by atoms with Crippen LogP contribution < -0.4 is 10.2 Å². The number of carbonyl (C=O) groups is 3. The third-order valence-corrected chi connectivity index (χ3v) is 5.56. The first-order valence-electron chi connectivity index (χ1n) is 9.87. The molecule has 2 amide bonds. The van der Waals surface area contributed by atoms with Crippen molar-refractivity contribution in [3.8, 4) is 0 Å². The number of nitrogens with zero attached hydrogens (tertiary/aromatic N) is 1. The molecule has 1 aromatic heterocycles. The molecule has 2 aromatic carbocycles. The average molecular weight is 405 g/mol. The van der Waals surface area contributed by atoms with Crippen molar-refractivity contribution >= 4 is 34.4 Å². The number of aryl methyl sites for hydroxylation is 1. The summed E-state index contributed by atoms with van der Waals surface area (Å²) in [5.41, 5.74) is 3.57. The number of amides is 2. The Morgan fingerprint density at radius 1 is 1.20 bits per heavy atom. The average Bonchev–Trinajstić information content (AvgIpc) is 3.32. The summed E-state index contributed by atoms with van der Waals surface area (Å²) in [4.78, 5) is 41.7. The molecule has 0 aliphatic carbocycles. The van der Waals surface area contributed by atoms with Crippen molar-refractivity contribution in [2.45, 2.75) is 25.8 Å². The Hall–Kier alpha value is -3.61. The van der Waals surface area contributed by atoms with Gasteiger partial charge in [-0.25, -0.2) is 4.79 Å². The van der Waals surface area contributed by atoms with Gasteiger partial charge < -0.3 is 20.3 Å². The molecule has 1 fully saturated rings. The van der Waals surface area contributed by atoms with Crippen molar-refractivity contribution < 1.29 is 19.5 Å². The maximum Gasteiger partial charge on any atom is 0.326 e. The lowest BCUT2D eigenvalue weighted by Crippen LogP contribution is -2.45. The number of aromatic amines is 1. The molecule has 0 spiro atoms. The lowest BCUT2D eigenvalue weighted by Gasteiger charge is -2.19. The molecule has 7 nitrogen and oxygen atoms in total. The smallest absolute Gasteiger partial charge is 0.326 e. The first kappa shape index (κ1) is 19.7. The second-order valence-electron chi connectivity index (χ2n) is 7.70. The van der Waals surface area contributed by atoms with Gasteiger partial charge in [-0.15, -0.1) is 0 Å². The summed E-state index contributed by atoms with van der Waals surface area (Å²) >= 11 is 0. The van der Waals surface area contributed by atoms with Crippen molar-refractivity contribution in [1.82, 2.24) is 10.3 Å². The van der Waals surface area contributed by atoms with E-state index in [2.05, 4.69) is 10.3 Å². The number of hydrogen-bond acceptors (Lipinski definition) is 3. The summed E-state index contributed by atoms with van der Waals surface area (Å²) in [6.45, 7) is 2.21. The molecule has 30 heavy (non-hydrogen) atoms. The van der Waals surface area contributed by atoms with Gasteiger partial charge in [0, 0.05) is 42.2 Å². The van der Waals surface area contributed by atoms with Crippen molar-refractivity contribution in [2.24, 2.45) is 5.92 Å². The fourth-order valence-electron chi connectivity index (χ4n) is 3.87. The largest absolute Gasteiger partial charge is 0.480 e. The second kappa shape index (κ2) is 8.02. The van der Waals surface area contributed by atoms with Gasteiger partial charge in [0.25, 0.3) is 0 Å². The molecule has 0 saturated carbocycles. The van der Waals surface area contributed by atoms with E-state index in [-0.39, 0.29) is 25.3 Å². The van der Waals surface area contributed by atoms with Crippen LogP contribution in [0.25, 0.3) is 10.9 Å². The number of nitrogens with one attached hydrogen (secondary N) is 2. The molecule has 1 saturated heterocycles. The quantitative estimate of drug-likeness (QED) is 0.587. The van der Waals surface area contributed by atoms with Crippen LogP contribution in [0.2, 0.25) is 0 Å². The summed E-state index contributed by atoms with van der Waals surface area (Å²) in [6, 6.07) is 14.1. The number of rotatable bonds is 6. The van der Waals surface area contributed by atoms with E-state index < -0.39 is 23.8 Å². The molecule has 1 aliphatic heterocycles. The highest BCUT2D eigenvalue weighted by atomic mass is 16.4. The molecule has 1 aliphatic rings. The molecular formula is C23H23N3O4. The van der Waals surface area contributed by atoms with Crippen LogP contribution in [0.3, 0.4) is 0 Å². The standard InChI is InChI=1S/C23H23N3O4/c1-14-6-8-17(9-7-14)26-13-16(11-21(26)27)22(28)25-20(23(29)30)10-15-12-24-19-5-3-2-4-18(15)19/h2-9,12,16,20,24H,10-11,13H2,1H3,(H,25,28)(H,29,30). The highest BCUT2D eigenvalue weighted by Gasteiger charge is 2.36. The van der Waals surface area contributed by atoms with Gasteiger partial charge in [0.05, 0.1) is 5.92 Å². The predicted molar refractivity (Wildman–Crippen MR) is 113 cm³/mol. The van der Waals surface area contributed by atoms with E-state index in [0.29, 0.717) is 0 Å². The van der Waals surface area contributed by atoms with Gasteiger partial charge >= 0.3 is 5.97 Å². The molecule has 3 N–H and O–H groups in total. The monoisotopic (exact) mass is 405 g/mol. The van der Waals surface area contributed by atoms with E-state index in [4.69, 9.17) is 0 Å². The highest BCUT2D eigenvalue weighted by Crippen LogP contribution is 2.26. The summed E-state index contributed by atoms with van der Waals surface area (Å²) < 4.78 is 0. The minimum Gasteiger partial charge on any atom is -0.480 e. The van der Waals surface area contributed by atoms with Crippen molar-refractivity contribution in [1.29, 1.82) is 0 Å². The van der Waals surface area contributed by atoms with Crippen LogP contribution >= 0.6 is 0 Å². The molecule has 0 radical (unpaired) electrons. The topological polar surface area (TPSA) is 102 Å². The number of aliphatic carboxylic acids is 1. The molecule has 154 valence electrons. The Labute approximate surface area is 173 Å². The number of hydrogen-bond donors (Lipinski definition) is 3. The van der Waals surface area contributed by atoms with Crippen molar-refractivity contribution in [3.63, 3.8) is 0 Å². The van der Waals surface area contributed by atoms with Crippen molar-refractivity contribution in [3.05, 3.63) is 65.9 Å². The van der Waals surface area contributed by atoms with Crippen LogP contribution in [0.1, 0.15) is 17.5 Å². The van der Waals surface area contributed by atoms with Gasteiger partial charge in [0.15, 0.2) is 0 Å². The van der Waals surface area contributed by atoms with Crippen LogP contribution in [0.15, 0.2) is 54.7 Å². The number of benzene rings is 2. The zero-order chi connectivity index (χ0) is 21.3. The summed E-state index contributed by atoms with van der Waals surface area (Å²) in [5, 5.41) is 13.2. The van der Waals surface area contributed by atoms with Crippen LogP contribution in [-0.2, 0) is 20.8 Å². The molecule has 3 aromatic rings. The number of fused-ring (bicyclic) bond motifs is 1. The molecular weight excluding hydrogens is 382 g/mol. The number of carboxylic acid groups (broad SMARTS) is 1. The van der Waals surface area contributed by atoms with E-state index in [0.717, 1.165) is 27.7 Å². The number of carboxylic acids is 1. The molecule has 0 bridgehead atoms. The lowest BCUT2D eigenvalue weighted by molar-refractivity contribution is -0.142. The second-order valence-corrected chi connectivity index (χ2v) is 7.70. The maximum absolute atomic E-state index is 12.8. The summed E-state index contributed by atoms with van der Waals surface area (Å²) in [6.07, 6.45) is 2.00. The van der Waals surface area contributed by atoms with E-state index in [1.807, 2.05) is 55.5 Å². The van der Waals surface area contributed by atoms with Crippen LogP contribution in [-0.4, -0.2) is 40.5 Å². The van der Waals surface area contributed by atoms with Gasteiger partial charge in [0.2, 0.25) is 11.8 Å². The van der Waals surface area contributed by atoms with Gasteiger partial charge in [-0.05, 0) is 30.7 Å². The molecule has 7 heteroatoms. The minimum atomic E-state index is -1.10. The zero-order valence-electron chi connectivity index (χ0n) is 16.6. The number of carbonyl (C=O) groups excluding carboxylic acids is 2.